The molecule has 0 aromatic carbocycles. The number of nitrogens with one attached hydrogen (secondary N) is 1. The lowest BCUT2D eigenvalue weighted by Gasteiger charge is -2.02. The van der Waals surface area contributed by atoms with Crippen molar-refractivity contribution < 1.29 is 0 Å². The molecule has 0 unspecified atom stereocenters. The van der Waals surface area contributed by atoms with E-state index in [0.717, 1.165) is 15.2 Å². The summed E-state index contributed by atoms with van der Waals surface area (Å²) in [6.45, 7) is 0. The first-order valence-corrected chi connectivity index (χ1v) is 7.16. The van der Waals surface area contributed by atoms with Crippen molar-refractivity contribution in [2.45, 2.75) is 18.8 Å². The Morgan fingerprint density at radius 2 is 2.25 bits per heavy atom. The zero-order chi connectivity index (χ0) is 11.1. The highest BCUT2D eigenvalue weighted by molar-refractivity contribution is 9.10. The quantitative estimate of drug-likeness (QED) is 0.827. The first-order valence-electron chi connectivity index (χ1n) is 5.08. The summed E-state index contributed by atoms with van der Waals surface area (Å²) in [6.07, 6.45) is 2.53. The molecule has 2 aromatic heterocycles. The molecular formula is C11H9BrN2S2. The van der Waals surface area contributed by atoms with E-state index in [1.807, 2.05) is 6.07 Å². The highest BCUT2D eigenvalue weighted by Crippen LogP contribution is 2.39. The van der Waals surface area contributed by atoms with E-state index >= 15 is 0 Å². The van der Waals surface area contributed by atoms with E-state index in [4.69, 9.17) is 12.2 Å². The Bertz CT molecular complexity index is 584. The summed E-state index contributed by atoms with van der Waals surface area (Å²) in [5.74, 6) is 1.57. The van der Waals surface area contributed by atoms with Crippen LogP contribution in [0.2, 0.25) is 0 Å². The van der Waals surface area contributed by atoms with Crippen LogP contribution in [0.15, 0.2) is 22.0 Å². The number of halogens is 1. The van der Waals surface area contributed by atoms with Gasteiger partial charge in [0.2, 0.25) is 0 Å². The molecule has 1 saturated carbocycles. The summed E-state index contributed by atoms with van der Waals surface area (Å²) in [4.78, 5) is 8.89. The molecule has 16 heavy (non-hydrogen) atoms. The smallest absolute Gasteiger partial charge is 0.149 e. The average molecular weight is 313 g/mol. The van der Waals surface area contributed by atoms with E-state index in [9.17, 15) is 0 Å². The van der Waals surface area contributed by atoms with E-state index in [-0.39, 0.29) is 0 Å². The molecule has 0 amide bonds. The fourth-order valence-corrected chi connectivity index (χ4v) is 3.23. The highest BCUT2D eigenvalue weighted by Gasteiger charge is 2.24. The standard InChI is InChI=1S/C11H9BrN2S2/c12-7-3-9(16-5-7)11-13-8(6-1-2-6)4-10(15)14-11/h3-6H,1-2H2,(H,13,14,15). The predicted molar refractivity (Wildman–Crippen MR) is 72.4 cm³/mol. The third kappa shape index (κ3) is 2.12. The maximum atomic E-state index is 5.20. The fourth-order valence-electron chi connectivity index (χ4n) is 1.64. The van der Waals surface area contributed by atoms with Crippen LogP contribution in [0, 0.1) is 4.64 Å². The number of hydrogen-bond acceptors (Lipinski definition) is 3. The Hall–Kier alpha value is -0.520. The molecule has 1 aliphatic rings. The first kappa shape index (κ1) is 10.6. The number of aromatic nitrogens is 2. The number of aromatic amines is 1. The van der Waals surface area contributed by atoms with Gasteiger partial charge in [0.1, 0.15) is 10.5 Å². The van der Waals surface area contributed by atoms with Crippen LogP contribution in [0.4, 0.5) is 0 Å². The molecular weight excluding hydrogens is 304 g/mol. The van der Waals surface area contributed by atoms with Crippen LogP contribution in [0.1, 0.15) is 24.5 Å². The van der Waals surface area contributed by atoms with Crippen molar-refractivity contribution in [1.29, 1.82) is 0 Å². The largest absolute Gasteiger partial charge is 0.342 e. The topological polar surface area (TPSA) is 28.7 Å². The van der Waals surface area contributed by atoms with Gasteiger partial charge >= 0.3 is 0 Å². The zero-order valence-corrected chi connectivity index (χ0v) is 11.6. The highest BCUT2D eigenvalue weighted by atomic mass is 79.9. The molecule has 3 rings (SSSR count). The molecule has 1 N–H and O–H groups in total. The van der Waals surface area contributed by atoms with E-state index < -0.39 is 0 Å². The predicted octanol–water partition coefficient (Wildman–Crippen LogP) is 4.51. The number of H-pyrrole nitrogens is 1. The normalized spacial score (nSPS) is 15.3. The van der Waals surface area contributed by atoms with Crippen molar-refractivity contribution in [3.05, 3.63) is 32.3 Å². The van der Waals surface area contributed by atoms with Crippen molar-refractivity contribution in [3.8, 4) is 10.7 Å². The van der Waals surface area contributed by atoms with Crippen molar-refractivity contribution >= 4 is 39.5 Å². The Labute approximate surface area is 111 Å². The van der Waals surface area contributed by atoms with E-state index in [1.54, 1.807) is 11.3 Å². The number of rotatable bonds is 2. The van der Waals surface area contributed by atoms with Crippen LogP contribution >= 0.6 is 39.5 Å². The molecule has 0 aliphatic heterocycles. The summed E-state index contributed by atoms with van der Waals surface area (Å²) in [5, 5.41) is 2.05. The van der Waals surface area contributed by atoms with Crippen LogP contribution in [-0.2, 0) is 0 Å². The van der Waals surface area contributed by atoms with Crippen molar-refractivity contribution in [2.24, 2.45) is 0 Å². The Morgan fingerprint density at radius 1 is 1.44 bits per heavy atom. The molecule has 5 heteroatoms. The molecule has 0 saturated heterocycles. The fraction of sp³-hybridized carbons (Fsp3) is 0.273. The number of hydrogen-bond donors (Lipinski definition) is 1. The van der Waals surface area contributed by atoms with E-state index in [1.165, 1.54) is 18.5 Å². The van der Waals surface area contributed by atoms with Crippen molar-refractivity contribution in [1.82, 2.24) is 9.97 Å². The molecule has 0 bridgehead atoms. The van der Waals surface area contributed by atoms with Gasteiger partial charge in [-0.3, -0.25) is 0 Å². The lowest BCUT2D eigenvalue weighted by Crippen LogP contribution is -1.93. The number of nitrogens with zero attached hydrogens (tertiary/aromatic N) is 1. The monoisotopic (exact) mass is 312 g/mol. The second kappa shape index (κ2) is 4.05. The first-order chi connectivity index (χ1) is 7.72. The molecule has 2 heterocycles. The molecule has 2 aromatic rings. The van der Waals surface area contributed by atoms with Gasteiger partial charge in [0.05, 0.1) is 4.88 Å². The van der Waals surface area contributed by atoms with Gasteiger partial charge in [-0.2, -0.15) is 0 Å². The minimum Gasteiger partial charge on any atom is -0.342 e. The van der Waals surface area contributed by atoms with Gasteiger partial charge in [0.15, 0.2) is 0 Å². The van der Waals surface area contributed by atoms with Gasteiger partial charge in [-0.05, 0) is 46.8 Å². The molecule has 0 atom stereocenters. The van der Waals surface area contributed by atoms with Crippen LogP contribution in [0.3, 0.4) is 0 Å². The van der Waals surface area contributed by atoms with E-state index in [0.29, 0.717) is 10.6 Å². The van der Waals surface area contributed by atoms with Crippen LogP contribution in [0.5, 0.6) is 0 Å². The van der Waals surface area contributed by atoms with Crippen molar-refractivity contribution in [2.75, 3.05) is 0 Å². The summed E-state index contributed by atoms with van der Waals surface area (Å²) in [5.41, 5.74) is 1.24. The van der Waals surface area contributed by atoms with Gasteiger partial charge in [0.25, 0.3) is 0 Å². The van der Waals surface area contributed by atoms with Gasteiger partial charge < -0.3 is 4.98 Å². The second-order valence-electron chi connectivity index (χ2n) is 3.93. The maximum absolute atomic E-state index is 5.20. The minimum atomic E-state index is 0.673. The average Bonchev–Trinajstić information content (AvgIpc) is 3.01. The van der Waals surface area contributed by atoms with Crippen LogP contribution in [-0.4, -0.2) is 9.97 Å². The summed E-state index contributed by atoms with van der Waals surface area (Å²) in [7, 11) is 0. The lowest BCUT2D eigenvalue weighted by atomic mass is 10.3. The van der Waals surface area contributed by atoms with Crippen LogP contribution < -0.4 is 0 Å². The van der Waals surface area contributed by atoms with Gasteiger partial charge in [-0.15, -0.1) is 11.3 Å². The molecule has 1 aliphatic carbocycles. The SMILES string of the molecule is S=c1cc(C2CC2)[nH]c(-c2cc(Br)cs2)n1. The summed E-state index contributed by atoms with van der Waals surface area (Å²) in [6, 6.07) is 4.05. The van der Waals surface area contributed by atoms with Gasteiger partial charge in [-0.25, -0.2) is 4.98 Å². The second-order valence-corrected chi connectivity index (χ2v) is 6.17. The molecule has 82 valence electrons. The minimum absolute atomic E-state index is 0.673. The maximum Gasteiger partial charge on any atom is 0.149 e. The number of thiophene rings is 1. The zero-order valence-electron chi connectivity index (χ0n) is 8.37. The van der Waals surface area contributed by atoms with Gasteiger partial charge in [0, 0.05) is 15.5 Å². The Morgan fingerprint density at radius 3 is 2.88 bits per heavy atom. The lowest BCUT2D eigenvalue weighted by molar-refractivity contribution is 0.991. The third-order valence-electron chi connectivity index (χ3n) is 2.58. The van der Waals surface area contributed by atoms with E-state index in [2.05, 4.69) is 37.3 Å². The molecule has 1 fully saturated rings. The summed E-state index contributed by atoms with van der Waals surface area (Å²) < 4.78 is 1.77. The summed E-state index contributed by atoms with van der Waals surface area (Å²) >= 11 is 10.3. The molecule has 0 radical (unpaired) electrons. The van der Waals surface area contributed by atoms with Crippen LogP contribution in [0.25, 0.3) is 10.7 Å². The molecule has 2 nitrogen and oxygen atoms in total. The Kier molecular flexibility index (Phi) is 2.69. The van der Waals surface area contributed by atoms with Gasteiger partial charge in [-0.1, -0.05) is 12.2 Å². The Balaban J connectivity index is 2.09. The molecule has 0 spiro atoms. The van der Waals surface area contributed by atoms with Crippen molar-refractivity contribution in [3.63, 3.8) is 0 Å². The third-order valence-corrected chi connectivity index (χ3v) is 4.49.